The Morgan fingerprint density at radius 2 is 1.83 bits per heavy atom. The smallest absolute Gasteiger partial charge is 0.255 e. The number of hydrogen-bond donors (Lipinski definition) is 1. The minimum atomic E-state index is -0.813. The van der Waals surface area contributed by atoms with Crippen LogP contribution in [-0.2, 0) is 4.79 Å². The van der Waals surface area contributed by atoms with Crippen molar-refractivity contribution >= 4 is 23.2 Å². The normalized spacial score (nSPS) is 14.2. The van der Waals surface area contributed by atoms with Crippen LogP contribution < -0.4 is 10.2 Å². The summed E-state index contributed by atoms with van der Waals surface area (Å²) in [6, 6.07) is 9.44. The van der Waals surface area contributed by atoms with Gasteiger partial charge in [0.2, 0.25) is 5.91 Å². The molecule has 1 aliphatic heterocycles. The van der Waals surface area contributed by atoms with Crippen LogP contribution in [-0.4, -0.2) is 18.4 Å². The van der Waals surface area contributed by atoms with Gasteiger partial charge >= 0.3 is 0 Å². The number of amides is 2. The molecule has 0 bridgehead atoms. The van der Waals surface area contributed by atoms with Gasteiger partial charge < -0.3 is 10.2 Å². The molecule has 0 aliphatic carbocycles. The van der Waals surface area contributed by atoms with E-state index in [4.69, 9.17) is 0 Å². The Bertz CT molecular complexity index is 757. The molecule has 0 spiro atoms. The zero-order valence-electron chi connectivity index (χ0n) is 12.2. The van der Waals surface area contributed by atoms with E-state index in [1.54, 1.807) is 29.2 Å². The van der Waals surface area contributed by atoms with Crippen molar-refractivity contribution in [3.05, 3.63) is 59.7 Å². The summed E-state index contributed by atoms with van der Waals surface area (Å²) in [7, 11) is 0. The van der Waals surface area contributed by atoms with Gasteiger partial charge in [0, 0.05) is 36.0 Å². The molecule has 2 amide bonds. The topological polar surface area (TPSA) is 49.4 Å². The summed E-state index contributed by atoms with van der Waals surface area (Å²) in [5, 5.41) is 2.58. The van der Waals surface area contributed by atoms with Gasteiger partial charge in [-0.05, 0) is 36.8 Å². The lowest BCUT2D eigenvalue weighted by atomic mass is 10.2. The molecular weight excluding hydrogens is 302 g/mol. The fourth-order valence-electron chi connectivity index (χ4n) is 2.56. The van der Waals surface area contributed by atoms with E-state index in [1.165, 1.54) is 0 Å². The van der Waals surface area contributed by atoms with Crippen LogP contribution in [0.1, 0.15) is 23.2 Å². The van der Waals surface area contributed by atoms with Gasteiger partial charge in [-0.2, -0.15) is 0 Å². The van der Waals surface area contributed by atoms with Gasteiger partial charge in [-0.3, -0.25) is 9.59 Å². The summed E-state index contributed by atoms with van der Waals surface area (Å²) >= 11 is 0. The standard InChI is InChI=1S/C17H14F2N2O2/c18-12-7-11(8-13(19)9-12)17(23)20-14-3-1-4-15(10-14)21-6-2-5-16(21)22/h1,3-4,7-10H,2,5-6H2,(H,20,23). The van der Waals surface area contributed by atoms with Crippen molar-refractivity contribution in [3.8, 4) is 0 Å². The molecular formula is C17H14F2N2O2. The van der Waals surface area contributed by atoms with Crippen LogP contribution in [0.5, 0.6) is 0 Å². The molecule has 2 aromatic carbocycles. The Kier molecular flexibility index (Phi) is 4.06. The molecule has 118 valence electrons. The molecule has 0 atom stereocenters. The van der Waals surface area contributed by atoms with Gasteiger partial charge in [0.25, 0.3) is 5.91 Å². The van der Waals surface area contributed by atoms with E-state index in [0.29, 0.717) is 30.4 Å². The zero-order chi connectivity index (χ0) is 16.4. The van der Waals surface area contributed by atoms with Crippen molar-refractivity contribution in [2.45, 2.75) is 12.8 Å². The molecule has 2 aromatic rings. The third-order valence-corrected chi connectivity index (χ3v) is 3.61. The second kappa shape index (κ2) is 6.16. The van der Waals surface area contributed by atoms with Crippen LogP contribution in [0.3, 0.4) is 0 Å². The van der Waals surface area contributed by atoms with E-state index in [2.05, 4.69) is 5.32 Å². The molecule has 1 N–H and O–H groups in total. The third-order valence-electron chi connectivity index (χ3n) is 3.61. The average Bonchev–Trinajstić information content (AvgIpc) is 2.92. The maximum absolute atomic E-state index is 13.2. The summed E-state index contributed by atoms with van der Waals surface area (Å²) in [5.74, 6) is -2.20. The molecule has 1 saturated heterocycles. The number of rotatable bonds is 3. The number of carbonyl (C=O) groups excluding carboxylic acids is 2. The minimum absolute atomic E-state index is 0.0423. The van der Waals surface area contributed by atoms with Crippen LogP contribution in [0, 0.1) is 11.6 Å². The van der Waals surface area contributed by atoms with Gasteiger partial charge in [-0.25, -0.2) is 8.78 Å². The third kappa shape index (κ3) is 3.36. The fraction of sp³-hybridized carbons (Fsp3) is 0.176. The monoisotopic (exact) mass is 316 g/mol. The fourth-order valence-corrected chi connectivity index (χ4v) is 2.56. The molecule has 1 fully saturated rings. The van der Waals surface area contributed by atoms with Gasteiger partial charge in [-0.15, -0.1) is 0 Å². The Morgan fingerprint density at radius 1 is 1.09 bits per heavy atom. The highest BCUT2D eigenvalue weighted by molar-refractivity contribution is 6.05. The first-order chi connectivity index (χ1) is 11.0. The average molecular weight is 316 g/mol. The molecule has 3 rings (SSSR count). The van der Waals surface area contributed by atoms with Crippen molar-refractivity contribution in [3.63, 3.8) is 0 Å². The van der Waals surface area contributed by atoms with Gasteiger partial charge in [-0.1, -0.05) is 6.07 Å². The van der Waals surface area contributed by atoms with Crippen molar-refractivity contribution in [2.24, 2.45) is 0 Å². The first-order valence-electron chi connectivity index (χ1n) is 7.21. The molecule has 0 unspecified atom stereocenters. The molecule has 0 saturated carbocycles. The Labute approximate surface area is 131 Å². The van der Waals surface area contributed by atoms with Crippen LogP contribution in [0.2, 0.25) is 0 Å². The SMILES string of the molecule is O=C(Nc1cccc(N2CCCC2=O)c1)c1cc(F)cc(F)c1. The molecule has 23 heavy (non-hydrogen) atoms. The Morgan fingerprint density at radius 3 is 2.48 bits per heavy atom. The lowest BCUT2D eigenvalue weighted by Crippen LogP contribution is -2.23. The van der Waals surface area contributed by atoms with Crippen molar-refractivity contribution in [2.75, 3.05) is 16.8 Å². The maximum atomic E-state index is 13.2. The van der Waals surface area contributed by atoms with E-state index in [9.17, 15) is 18.4 Å². The maximum Gasteiger partial charge on any atom is 0.255 e. The molecule has 0 radical (unpaired) electrons. The van der Waals surface area contributed by atoms with Gasteiger partial charge in [0.1, 0.15) is 11.6 Å². The van der Waals surface area contributed by atoms with Crippen molar-refractivity contribution in [1.29, 1.82) is 0 Å². The number of nitrogens with zero attached hydrogens (tertiary/aromatic N) is 1. The van der Waals surface area contributed by atoms with Crippen LogP contribution >= 0.6 is 0 Å². The summed E-state index contributed by atoms with van der Waals surface area (Å²) in [6.07, 6.45) is 1.32. The Hall–Kier alpha value is -2.76. The number of anilines is 2. The van der Waals surface area contributed by atoms with E-state index < -0.39 is 17.5 Å². The number of benzene rings is 2. The number of halogens is 2. The van der Waals surface area contributed by atoms with Crippen LogP contribution in [0.4, 0.5) is 20.2 Å². The molecule has 4 nitrogen and oxygen atoms in total. The molecule has 0 aromatic heterocycles. The number of hydrogen-bond acceptors (Lipinski definition) is 2. The van der Waals surface area contributed by atoms with E-state index in [-0.39, 0.29) is 11.5 Å². The molecule has 1 heterocycles. The first kappa shape index (κ1) is 15.1. The number of carbonyl (C=O) groups is 2. The van der Waals surface area contributed by atoms with E-state index in [1.807, 2.05) is 0 Å². The molecule has 6 heteroatoms. The zero-order valence-corrected chi connectivity index (χ0v) is 12.2. The quantitative estimate of drug-likeness (QED) is 0.944. The van der Waals surface area contributed by atoms with Crippen LogP contribution in [0.25, 0.3) is 0 Å². The number of nitrogens with one attached hydrogen (secondary N) is 1. The minimum Gasteiger partial charge on any atom is -0.322 e. The summed E-state index contributed by atoms with van der Waals surface area (Å²) in [5.41, 5.74) is 1.04. The van der Waals surface area contributed by atoms with Crippen molar-refractivity contribution in [1.82, 2.24) is 0 Å². The largest absolute Gasteiger partial charge is 0.322 e. The van der Waals surface area contributed by atoms with Crippen LogP contribution in [0.15, 0.2) is 42.5 Å². The lowest BCUT2D eigenvalue weighted by molar-refractivity contribution is -0.117. The lowest BCUT2D eigenvalue weighted by Gasteiger charge is -2.16. The van der Waals surface area contributed by atoms with Crippen molar-refractivity contribution < 1.29 is 18.4 Å². The van der Waals surface area contributed by atoms with Gasteiger partial charge in [0.15, 0.2) is 0 Å². The first-order valence-corrected chi connectivity index (χ1v) is 7.21. The Balaban J connectivity index is 1.80. The summed E-state index contributed by atoms with van der Waals surface area (Å²) in [6.45, 7) is 0.644. The highest BCUT2D eigenvalue weighted by atomic mass is 19.1. The predicted molar refractivity (Wildman–Crippen MR) is 82.3 cm³/mol. The molecule has 1 aliphatic rings. The predicted octanol–water partition coefficient (Wildman–Crippen LogP) is 3.34. The van der Waals surface area contributed by atoms with E-state index >= 15 is 0 Å². The second-order valence-electron chi connectivity index (χ2n) is 5.31. The summed E-state index contributed by atoms with van der Waals surface area (Å²) < 4.78 is 26.3. The highest BCUT2D eigenvalue weighted by Gasteiger charge is 2.21. The van der Waals surface area contributed by atoms with Gasteiger partial charge in [0.05, 0.1) is 0 Å². The highest BCUT2D eigenvalue weighted by Crippen LogP contribution is 2.24. The second-order valence-corrected chi connectivity index (χ2v) is 5.31. The van der Waals surface area contributed by atoms with E-state index in [0.717, 1.165) is 18.6 Å². The summed E-state index contributed by atoms with van der Waals surface area (Å²) in [4.78, 5) is 25.5.